The maximum Gasteiger partial charge on any atom is 0.407 e. The van der Waals surface area contributed by atoms with E-state index in [-0.39, 0.29) is 36.4 Å². The topological polar surface area (TPSA) is 175 Å². The number of amides is 3. The van der Waals surface area contributed by atoms with Crippen LogP contribution in [0.15, 0.2) is 54.9 Å². The first-order valence-corrected chi connectivity index (χ1v) is 18.9. The highest BCUT2D eigenvalue weighted by Crippen LogP contribution is 2.38. The number of likely N-dealkylation sites (tertiary alicyclic amines) is 1. The van der Waals surface area contributed by atoms with Crippen LogP contribution in [0.25, 0.3) is 33.6 Å². The van der Waals surface area contributed by atoms with Gasteiger partial charge in [0.15, 0.2) is 0 Å². The summed E-state index contributed by atoms with van der Waals surface area (Å²) in [6.07, 6.45) is 6.53. The molecule has 3 aliphatic rings. The van der Waals surface area contributed by atoms with Gasteiger partial charge in [-0.25, -0.2) is 14.8 Å². The monoisotopic (exact) mass is 739 g/mol. The fourth-order valence-electron chi connectivity index (χ4n) is 7.53. The van der Waals surface area contributed by atoms with E-state index in [1.165, 1.54) is 7.11 Å². The summed E-state index contributed by atoms with van der Waals surface area (Å²) < 4.78 is 17.0. The van der Waals surface area contributed by atoms with E-state index in [1.54, 1.807) is 22.2 Å². The third kappa shape index (κ3) is 7.85. The summed E-state index contributed by atoms with van der Waals surface area (Å²) in [4.78, 5) is 58.5. The largest absolute Gasteiger partial charge is 0.493 e. The number of aromatic amines is 2. The van der Waals surface area contributed by atoms with Crippen LogP contribution in [-0.2, 0) is 19.1 Å². The van der Waals surface area contributed by atoms with Crippen molar-refractivity contribution in [2.24, 2.45) is 5.92 Å². The number of aliphatic hydroxyl groups is 1. The number of benzene rings is 2. The quantitative estimate of drug-likeness (QED) is 0.202. The van der Waals surface area contributed by atoms with Gasteiger partial charge < -0.3 is 44.4 Å². The van der Waals surface area contributed by atoms with Gasteiger partial charge in [0, 0.05) is 25.3 Å². The predicted octanol–water partition coefficient (Wildman–Crippen LogP) is 5.39. The number of aliphatic hydroxyl groups excluding tert-OH is 1. The summed E-state index contributed by atoms with van der Waals surface area (Å²) >= 11 is 0. The molecular weight excluding hydrogens is 690 g/mol. The summed E-state index contributed by atoms with van der Waals surface area (Å²) in [6.45, 7) is 5.76. The standard InChI is InChI=1S/C40H49N7O7/c1-24(2)35(48)39(50)47-17-7-9-33(47)36-41-21-29(43-36)26-12-10-25(11-13-26)27-14-15-28-30-22-42-37(44-30)32-8-6-16-46(32)38(49)31(45-40(51)52-3)23-53-18-4-5-19-54-34(28)20-27/h10-15,20-22,24,31-33,35,48H,4-9,16-19,23H2,1-3H3,(H,41,43)(H,42,44)(H,45,51)/t31-,32-,33-,35+/m0/s1. The SMILES string of the molecule is COC(=O)N[C@H]1COCCCCOc2cc(-c3ccc(-c4cnc([C@@H]5CCCN5C(=O)[C@H](O)C(C)C)[nH]4)cc3)ccc2-c2cnc([nH]2)[C@@H]2CCCN2C1=O. The number of imidazole rings is 2. The first-order valence-electron chi connectivity index (χ1n) is 18.9. The number of fused-ring (bicyclic) bond motifs is 6. The lowest BCUT2D eigenvalue weighted by atomic mass is 10.00. The molecule has 0 aliphatic carbocycles. The second-order valence-corrected chi connectivity index (χ2v) is 14.5. The normalized spacial score (nSPS) is 21.4. The van der Waals surface area contributed by atoms with E-state index in [2.05, 4.69) is 38.5 Å². The molecule has 14 nitrogen and oxygen atoms in total. The van der Waals surface area contributed by atoms with Crippen molar-refractivity contribution in [1.29, 1.82) is 0 Å². The van der Waals surface area contributed by atoms with Crippen LogP contribution in [0, 0.1) is 5.92 Å². The molecule has 2 saturated heterocycles. The number of ether oxygens (including phenoxy) is 3. The first kappa shape index (κ1) is 37.1. The van der Waals surface area contributed by atoms with Crippen molar-refractivity contribution >= 4 is 17.9 Å². The molecule has 2 aromatic heterocycles. The lowest BCUT2D eigenvalue weighted by molar-refractivity contribution is -0.143. The van der Waals surface area contributed by atoms with Gasteiger partial charge in [-0.1, -0.05) is 44.2 Å². The zero-order valence-electron chi connectivity index (χ0n) is 31.0. The number of methoxy groups -OCH3 is 1. The fourth-order valence-corrected chi connectivity index (χ4v) is 7.53. The first-order chi connectivity index (χ1) is 26.2. The minimum atomic E-state index is -1.02. The third-order valence-corrected chi connectivity index (χ3v) is 10.6. The van der Waals surface area contributed by atoms with Gasteiger partial charge in [0.25, 0.3) is 5.91 Å². The molecule has 286 valence electrons. The average molecular weight is 740 g/mol. The fraction of sp³-hybridized carbons (Fsp3) is 0.475. The molecule has 0 unspecified atom stereocenters. The Morgan fingerprint density at radius 1 is 0.889 bits per heavy atom. The smallest absolute Gasteiger partial charge is 0.407 e. The van der Waals surface area contributed by atoms with Gasteiger partial charge in [-0.3, -0.25) is 9.59 Å². The highest BCUT2D eigenvalue weighted by Gasteiger charge is 2.37. The molecule has 2 aromatic carbocycles. The van der Waals surface area contributed by atoms with Gasteiger partial charge in [-0.15, -0.1) is 0 Å². The molecular formula is C40H49N7O7. The lowest BCUT2D eigenvalue weighted by Crippen LogP contribution is -2.50. The van der Waals surface area contributed by atoms with Crippen LogP contribution < -0.4 is 10.1 Å². The van der Waals surface area contributed by atoms with Crippen LogP contribution in [0.1, 0.15) is 76.1 Å². The van der Waals surface area contributed by atoms with E-state index < -0.39 is 18.2 Å². The average Bonchev–Trinajstić information content (AvgIpc) is 4.02. The highest BCUT2D eigenvalue weighted by atomic mass is 16.5. The van der Waals surface area contributed by atoms with E-state index in [4.69, 9.17) is 19.2 Å². The van der Waals surface area contributed by atoms with Crippen molar-refractivity contribution in [2.75, 3.05) is 40.0 Å². The van der Waals surface area contributed by atoms with Crippen molar-refractivity contribution in [1.82, 2.24) is 35.1 Å². The molecule has 5 heterocycles. The molecule has 3 amide bonds. The number of carbonyl (C=O) groups is 3. The number of H-pyrrole nitrogens is 2. The summed E-state index contributed by atoms with van der Waals surface area (Å²) in [5.74, 6) is 1.50. The number of hydrogen-bond donors (Lipinski definition) is 4. The van der Waals surface area contributed by atoms with E-state index in [1.807, 2.05) is 38.1 Å². The number of nitrogens with one attached hydrogen (secondary N) is 3. The predicted molar refractivity (Wildman–Crippen MR) is 200 cm³/mol. The van der Waals surface area contributed by atoms with E-state index >= 15 is 0 Å². The molecule has 4 aromatic rings. The second-order valence-electron chi connectivity index (χ2n) is 14.5. The molecule has 54 heavy (non-hydrogen) atoms. The molecule has 14 heteroatoms. The van der Waals surface area contributed by atoms with Crippen molar-refractivity contribution in [3.63, 3.8) is 0 Å². The lowest BCUT2D eigenvalue weighted by Gasteiger charge is -2.28. The van der Waals surface area contributed by atoms with Crippen LogP contribution in [0.4, 0.5) is 4.79 Å². The van der Waals surface area contributed by atoms with Crippen LogP contribution in [0.5, 0.6) is 5.75 Å². The molecule has 0 radical (unpaired) electrons. The molecule has 2 fully saturated rings. The van der Waals surface area contributed by atoms with E-state index in [0.29, 0.717) is 38.5 Å². The number of hydrogen-bond acceptors (Lipinski definition) is 9. The number of rotatable bonds is 6. The van der Waals surface area contributed by atoms with Gasteiger partial charge >= 0.3 is 6.09 Å². The molecule has 0 saturated carbocycles. The Labute approximate surface area is 314 Å². The number of carbonyl (C=O) groups excluding carboxylic acids is 3. The van der Waals surface area contributed by atoms with Crippen molar-refractivity contribution < 1.29 is 33.7 Å². The summed E-state index contributed by atoms with van der Waals surface area (Å²) in [7, 11) is 1.27. The molecule has 2 bridgehead atoms. The number of aromatic nitrogens is 4. The van der Waals surface area contributed by atoms with Crippen LogP contribution in [-0.4, -0.2) is 105 Å². The third-order valence-electron chi connectivity index (χ3n) is 10.6. The zero-order chi connectivity index (χ0) is 37.8. The number of nitrogens with zero attached hydrogens (tertiary/aromatic N) is 4. The highest BCUT2D eigenvalue weighted by molar-refractivity contribution is 5.86. The molecule has 7 rings (SSSR count). The van der Waals surface area contributed by atoms with Gasteiger partial charge in [0.1, 0.15) is 29.5 Å². The van der Waals surface area contributed by atoms with Crippen LogP contribution >= 0.6 is 0 Å². The van der Waals surface area contributed by atoms with E-state index in [0.717, 1.165) is 77.3 Å². The zero-order valence-corrected chi connectivity index (χ0v) is 31.0. The van der Waals surface area contributed by atoms with Crippen molar-refractivity contribution in [2.45, 2.75) is 76.6 Å². The molecule has 3 aliphatic heterocycles. The van der Waals surface area contributed by atoms with Crippen LogP contribution in [0.3, 0.4) is 0 Å². The maximum atomic E-state index is 13.7. The Balaban J connectivity index is 1.10. The van der Waals surface area contributed by atoms with Crippen molar-refractivity contribution in [3.8, 4) is 39.4 Å². The summed E-state index contributed by atoms with van der Waals surface area (Å²) in [6, 6.07) is 13.0. The van der Waals surface area contributed by atoms with Gasteiger partial charge in [-0.2, -0.15) is 0 Å². The maximum absolute atomic E-state index is 13.7. The van der Waals surface area contributed by atoms with Crippen LogP contribution in [0.2, 0.25) is 0 Å². The Morgan fingerprint density at radius 2 is 1.56 bits per heavy atom. The van der Waals surface area contributed by atoms with Crippen molar-refractivity contribution in [3.05, 3.63) is 66.5 Å². The minimum Gasteiger partial charge on any atom is -0.493 e. The Bertz CT molecular complexity index is 1940. The molecule has 0 spiro atoms. The van der Waals surface area contributed by atoms with Gasteiger partial charge in [-0.05, 0) is 73.3 Å². The molecule has 4 atom stereocenters. The minimum absolute atomic E-state index is 0.0392. The Hall–Kier alpha value is -5.21. The Kier molecular flexibility index (Phi) is 11.3. The van der Waals surface area contributed by atoms with E-state index in [9.17, 15) is 19.5 Å². The summed E-state index contributed by atoms with van der Waals surface area (Å²) in [5.41, 5.74) is 5.48. The summed E-state index contributed by atoms with van der Waals surface area (Å²) in [5, 5.41) is 13.1. The molecule has 4 N–H and O–H groups in total. The van der Waals surface area contributed by atoms with Gasteiger partial charge in [0.05, 0.1) is 56.2 Å². The van der Waals surface area contributed by atoms with Gasteiger partial charge in [0.2, 0.25) is 5.91 Å². The second kappa shape index (κ2) is 16.4. The Morgan fingerprint density at radius 3 is 2.33 bits per heavy atom. The number of alkyl carbamates (subject to hydrolysis) is 1.